The lowest BCUT2D eigenvalue weighted by Gasteiger charge is -2.21. The lowest BCUT2D eigenvalue weighted by Crippen LogP contribution is -2.35. The molecule has 0 fully saturated rings. The predicted octanol–water partition coefficient (Wildman–Crippen LogP) is 0.583. The molecule has 128 valence electrons. The van der Waals surface area contributed by atoms with Crippen molar-refractivity contribution in [3.05, 3.63) is 53.9 Å². The van der Waals surface area contributed by atoms with Crippen molar-refractivity contribution in [2.45, 2.75) is 5.92 Å². The minimum Gasteiger partial charge on any atom is -0.496 e. The zero-order valence-electron chi connectivity index (χ0n) is 13.2. The largest absolute Gasteiger partial charge is 0.496 e. The van der Waals surface area contributed by atoms with Crippen LogP contribution in [-0.2, 0) is 14.8 Å². The van der Waals surface area contributed by atoms with Crippen molar-refractivity contribution >= 4 is 21.6 Å². The smallest absolute Gasteiger partial charge is 0.246 e. The quantitative estimate of drug-likeness (QED) is 0.398. The Labute approximate surface area is 140 Å². The molecule has 1 heterocycles. The summed E-state index contributed by atoms with van der Waals surface area (Å²) in [6.45, 7) is 0. The summed E-state index contributed by atoms with van der Waals surface area (Å²) >= 11 is 0. The maximum atomic E-state index is 12.4. The van der Waals surface area contributed by atoms with E-state index in [4.69, 9.17) is 10.6 Å². The number of rotatable bonds is 6. The Hall–Kier alpha value is -2.65. The van der Waals surface area contributed by atoms with Crippen molar-refractivity contribution in [1.82, 2.24) is 10.4 Å². The number of pyridine rings is 1. The Morgan fingerprint density at radius 1 is 1.25 bits per heavy atom. The van der Waals surface area contributed by atoms with Crippen LogP contribution in [0.25, 0.3) is 0 Å². The molecule has 8 nitrogen and oxygen atoms in total. The van der Waals surface area contributed by atoms with Crippen molar-refractivity contribution in [2.24, 2.45) is 5.84 Å². The second-order valence-corrected chi connectivity index (χ2v) is 6.77. The van der Waals surface area contributed by atoms with Gasteiger partial charge in [-0.1, -0.05) is 18.2 Å². The molecule has 1 amide bonds. The number of carbonyl (C=O) groups is 1. The summed E-state index contributed by atoms with van der Waals surface area (Å²) in [5.41, 5.74) is 3.26. The molecule has 4 N–H and O–H groups in total. The third-order valence-corrected chi connectivity index (χ3v) is 3.91. The number of anilines is 1. The molecule has 0 aliphatic rings. The topological polar surface area (TPSA) is 123 Å². The van der Waals surface area contributed by atoms with Crippen molar-refractivity contribution < 1.29 is 17.9 Å². The number of methoxy groups -OCH3 is 1. The van der Waals surface area contributed by atoms with Crippen molar-refractivity contribution in [3.63, 3.8) is 0 Å². The van der Waals surface area contributed by atoms with Crippen LogP contribution in [0.2, 0.25) is 0 Å². The number of amides is 1. The molecule has 0 radical (unpaired) electrons. The Morgan fingerprint density at radius 3 is 2.58 bits per heavy atom. The first-order valence-corrected chi connectivity index (χ1v) is 8.81. The van der Waals surface area contributed by atoms with Crippen LogP contribution in [0.1, 0.15) is 17.0 Å². The number of hydrogen-bond donors (Lipinski definition) is 3. The van der Waals surface area contributed by atoms with E-state index in [9.17, 15) is 13.2 Å². The van der Waals surface area contributed by atoms with E-state index in [1.54, 1.807) is 30.3 Å². The van der Waals surface area contributed by atoms with Gasteiger partial charge in [-0.2, -0.15) is 0 Å². The van der Waals surface area contributed by atoms with Crippen molar-refractivity contribution in [1.29, 1.82) is 0 Å². The molecule has 2 aromatic rings. The Morgan fingerprint density at radius 2 is 1.96 bits per heavy atom. The molecule has 24 heavy (non-hydrogen) atoms. The van der Waals surface area contributed by atoms with E-state index in [-0.39, 0.29) is 5.69 Å². The number of benzene rings is 1. The number of ether oxygens (including phenoxy) is 1. The number of aromatic nitrogens is 1. The summed E-state index contributed by atoms with van der Waals surface area (Å²) in [5, 5.41) is 0. The van der Waals surface area contributed by atoms with Gasteiger partial charge in [-0.3, -0.25) is 19.9 Å². The van der Waals surface area contributed by atoms with E-state index in [0.29, 0.717) is 16.9 Å². The highest BCUT2D eigenvalue weighted by atomic mass is 32.2. The van der Waals surface area contributed by atoms with Gasteiger partial charge < -0.3 is 4.74 Å². The third-order valence-electron chi connectivity index (χ3n) is 3.32. The van der Waals surface area contributed by atoms with Gasteiger partial charge in [0.25, 0.3) is 0 Å². The van der Waals surface area contributed by atoms with Gasteiger partial charge in [0.1, 0.15) is 5.75 Å². The molecule has 9 heteroatoms. The van der Waals surface area contributed by atoms with Gasteiger partial charge >= 0.3 is 0 Å². The summed E-state index contributed by atoms with van der Waals surface area (Å²) in [6.07, 6.45) is 3.82. The van der Waals surface area contributed by atoms with E-state index >= 15 is 0 Å². The molecule has 1 unspecified atom stereocenters. The minimum absolute atomic E-state index is 0.194. The predicted molar refractivity (Wildman–Crippen MR) is 89.9 cm³/mol. The third kappa shape index (κ3) is 4.00. The van der Waals surface area contributed by atoms with Crippen LogP contribution in [0.4, 0.5) is 5.69 Å². The molecule has 0 saturated heterocycles. The highest BCUT2D eigenvalue weighted by Gasteiger charge is 2.28. The fraction of sp³-hybridized carbons (Fsp3) is 0.200. The number of hydrogen-bond acceptors (Lipinski definition) is 6. The number of carbonyl (C=O) groups excluding carboxylic acids is 1. The summed E-state index contributed by atoms with van der Waals surface area (Å²) in [5.74, 6) is 4.41. The number of hydrazine groups is 1. The van der Waals surface area contributed by atoms with Gasteiger partial charge in [0.05, 0.1) is 31.2 Å². The molecule has 2 rings (SSSR count). The number of nitrogens with one attached hydrogen (secondary N) is 2. The Kier molecular flexibility index (Phi) is 5.37. The second kappa shape index (κ2) is 7.28. The SMILES string of the molecule is COc1ccccc1C(C(=O)NN)c1ccncc1NS(C)(=O)=O. The van der Waals surface area contributed by atoms with E-state index in [2.05, 4.69) is 15.1 Å². The van der Waals surface area contributed by atoms with Gasteiger partial charge in [-0.15, -0.1) is 0 Å². The maximum absolute atomic E-state index is 12.4. The first kappa shape index (κ1) is 17.7. The van der Waals surface area contributed by atoms with Gasteiger partial charge in [0.15, 0.2) is 0 Å². The van der Waals surface area contributed by atoms with Crippen LogP contribution >= 0.6 is 0 Å². The standard InChI is InChI=1S/C15H18N4O4S/c1-23-13-6-4-3-5-11(13)14(15(20)18-16)10-7-8-17-9-12(10)19-24(2,21)22/h3-9,14,19H,16H2,1-2H3,(H,18,20). The fourth-order valence-corrected chi connectivity index (χ4v) is 2.95. The lowest BCUT2D eigenvalue weighted by atomic mass is 9.89. The fourth-order valence-electron chi connectivity index (χ4n) is 2.38. The first-order valence-electron chi connectivity index (χ1n) is 6.92. The van der Waals surface area contributed by atoms with Gasteiger partial charge in [-0.05, 0) is 17.7 Å². The number of nitrogens with two attached hydrogens (primary N) is 1. The second-order valence-electron chi connectivity index (χ2n) is 5.02. The monoisotopic (exact) mass is 350 g/mol. The molecule has 1 aromatic heterocycles. The number of para-hydroxylation sites is 1. The average molecular weight is 350 g/mol. The van der Waals surface area contributed by atoms with Crippen LogP contribution in [-0.4, -0.2) is 32.7 Å². The summed E-state index contributed by atoms with van der Waals surface area (Å²) in [6, 6.07) is 8.49. The molecular weight excluding hydrogens is 332 g/mol. The molecule has 1 aromatic carbocycles. The molecule has 0 bridgehead atoms. The van der Waals surface area contributed by atoms with Gasteiger partial charge in [0, 0.05) is 11.8 Å². The number of sulfonamides is 1. The van der Waals surface area contributed by atoms with E-state index < -0.39 is 21.8 Å². The van der Waals surface area contributed by atoms with Crippen LogP contribution in [0.5, 0.6) is 5.75 Å². The van der Waals surface area contributed by atoms with Crippen LogP contribution < -0.4 is 20.7 Å². The van der Waals surface area contributed by atoms with Gasteiger partial charge in [-0.25, -0.2) is 14.3 Å². The van der Waals surface area contributed by atoms with Crippen LogP contribution in [0, 0.1) is 0 Å². The molecule has 0 aliphatic carbocycles. The summed E-state index contributed by atoms with van der Waals surface area (Å²) in [4.78, 5) is 16.3. The summed E-state index contributed by atoms with van der Waals surface area (Å²) < 4.78 is 30.8. The maximum Gasteiger partial charge on any atom is 0.246 e. The zero-order chi connectivity index (χ0) is 17.7. The average Bonchev–Trinajstić information content (AvgIpc) is 2.55. The van der Waals surface area contributed by atoms with Crippen molar-refractivity contribution in [3.8, 4) is 5.75 Å². The molecule has 0 spiro atoms. The van der Waals surface area contributed by atoms with Crippen LogP contribution in [0.15, 0.2) is 42.7 Å². The number of nitrogens with zero attached hydrogens (tertiary/aromatic N) is 1. The molecule has 1 atom stereocenters. The van der Waals surface area contributed by atoms with E-state index in [1.807, 2.05) is 0 Å². The first-order chi connectivity index (χ1) is 11.4. The van der Waals surface area contributed by atoms with E-state index in [0.717, 1.165) is 6.26 Å². The summed E-state index contributed by atoms with van der Waals surface area (Å²) in [7, 11) is -2.06. The lowest BCUT2D eigenvalue weighted by molar-refractivity contribution is -0.121. The molecular formula is C15H18N4O4S. The Bertz CT molecular complexity index is 839. The highest BCUT2D eigenvalue weighted by Crippen LogP contribution is 2.35. The van der Waals surface area contributed by atoms with Crippen molar-refractivity contribution in [2.75, 3.05) is 18.1 Å². The zero-order valence-corrected chi connectivity index (χ0v) is 14.0. The Balaban J connectivity index is 2.64. The van der Waals surface area contributed by atoms with Crippen LogP contribution in [0.3, 0.4) is 0 Å². The minimum atomic E-state index is -3.55. The normalized spacial score (nSPS) is 12.3. The van der Waals surface area contributed by atoms with E-state index in [1.165, 1.54) is 19.5 Å². The molecule has 0 aliphatic heterocycles. The van der Waals surface area contributed by atoms with Gasteiger partial charge in [0.2, 0.25) is 15.9 Å². The highest BCUT2D eigenvalue weighted by molar-refractivity contribution is 7.92. The molecule has 0 saturated carbocycles.